The first-order valence-corrected chi connectivity index (χ1v) is 14.7. The second-order valence-corrected chi connectivity index (χ2v) is 11.0. The number of non-ortho nitro benzene ring substituents is 1. The number of ether oxygens (including phenoxy) is 1. The fourth-order valence-corrected chi connectivity index (χ4v) is 5.81. The molecule has 0 saturated heterocycles. The van der Waals surface area contributed by atoms with Crippen molar-refractivity contribution >= 4 is 29.3 Å². The highest BCUT2D eigenvalue weighted by molar-refractivity contribution is 7.99. The van der Waals surface area contributed by atoms with Gasteiger partial charge in [-0.25, -0.2) is 0 Å². The number of thioether (sulfide) groups is 1. The number of methoxy groups -OCH3 is 1. The quantitative estimate of drug-likeness (QED) is 0.217. The molecule has 1 atom stereocenters. The van der Waals surface area contributed by atoms with Crippen LogP contribution in [0, 0.1) is 10.1 Å². The molecule has 1 fully saturated rings. The third-order valence-electron chi connectivity index (χ3n) is 7.10. The molecule has 0 spiro atoms. The predicted octanol–water partition coefficient (Wildman–Crippen LogP) is 5.54. The lowest BCUT2D eigenvalue weighted by molar-refractivity contribution is -0.384. The Morgan fingerprint density at radius 1 is 1.00 bits per heavy atom. The average Bonchev–Trinajstić information content (AvgIpc) is 3.48. The van der Waals surface area contributed by atoms with Gasteiger partial charge in [0, 0.05) is 36.9 Å². The van der Waals surface area contributed by atoms with Gasteiger partial charge in [0.25, 0.3) is 5.69 Å². The number of nitrogens with one attached hydrogen (secondary N) is 1. The first kappa shape index (κ1) is 29.1. The number of benzene rings is 3. The van der Waals surface area contributed by atoms with Crippen LogP contribution in [0.4, 0.5) is 5.69 Å². The van der Waals surface area contributed by atoms with Crippen LogP contribution in [0.15, 0.2) is 78.9 Å². The Kier molecular flexibility index (Phi) is 10.6. The molecule has 9 heteroatoms. The second kappa shape index (κ2) is 14.5. The van der Waals surface area contributed by atoms with E-state index >= 15 is 0 Å². The van der Waals surface area contributed by atoms with Gasteiger partial charge in [0.2, 0.25) is 11.8 Å². The molecule has 0 unspecified atom stereocenters. The van der Waals surface area contributed by atoms with Crippen molar-refractivity contribution in [3.63, 3.8) is 0 Å². The molecular weight excluding hydrogens is 526 g/mol. The molecule has 1 N–H and O–H groups in total. The molecule has 2 amide bonds. The maximum Gasteiger partial charge on any atom is 0.269 e. The minimum absolute atomic E-state index is 0.0336. The van der Waals surface area contributed by atoms with Crippen molar-refractivity contribution in [3.8, 4) is 5.75 Å². The Bertz CT molecular complexity index is 1280. The summed E-state index contributed by atoms with van der Waals surface area (Å²) >= 11 is 1.43. The van der Waals surface area contributed by atoms with E-state index in [4.69, 9.17) is 4.74 Å². The van der Waals surface area contributed by atoms with E-state index in [9.17, 15) is 19.7 Å². The number of rotatable bonds is 13. The standard InChI is InChI=1S/C31H35N3O5S/c1-39-28-13-7-10-25(18-28)20-33(30(35)22-40-21-24-14-16-27(17-15-24)34(37)38)29(19-23-8-3-2-4-9-23)31(36)32-26-11-5-6-12-26/h2-4,7-10,13-18,26,29H,5-6,11-12,19-22H2,1H3,(H,32,36)/t29-/m0/s1. The van der Waals surface area contributed by atoms with E-state index in [1.54, 1.807) is 24.1 Å². The third-order valence-corrected chi connectivity index (χ3v) is 8.09. The van der Waals surface area contributed by atoms with E-state index in [1.807, 2.05) is 54.6 Å². The van der Waals surface area contributed by atoms with Crippen LogP contribution in [0.25, 0.3) is 0 Å². The minimum Gasteiger partial charge on any atom is -0.497 e. The normalized spacial score (nSPS) is 13.9. The highest BCUT2D eigenvalue weighted by atomic mass is 32.2. The smallest absolute Gasteiger partial charge is 0.269 e. The Balaban J connectivity index is 1.55. The Labute approximate surface area is 239 Å². The molecule has 8 nitrogen and oxygen atoms in total. The summed E-state index contributed by atoms with van der Waals surface area (Å²) in [5, 5.41) is 14.2. The molecule has 40 heavy (non-hydrogen) atoms. The molecule has 0 radical (unpaired) electrons. The van der Waals surface area contributed by atoms with Gasteiger partial charge in [-0.15, -0.1) is 11.8 Å². The van der Waals surface area contributed by atoms with E-state index in [0.717, 1.165) is 42.4 Å². The molecule has 0 aromatic heterocycles. The SMILES string of the molecule is COc1cccc(CN(C(=O)CSCc2ccc([N+](=O)[O-])cc2)[C@@H](Cc2ccccc2)C(=O)NC2CCCC2)c1. The highest BCUT2D eigenvalue weighted by Crippen LogP contribution is 2.23. The van der Waals surface area contributed by atoms with E-state index in [0.29, 0.717) is 17.9 Å². The van der Waals surface area contributed by atoms with Crippen molar-refractivity contribution in [1.82, 2.24) is 10.2 Å². The van der Waals surface area contributed by atoms with Crippen LogP contribution in [0.1, 0.15) is 42.4 Å². The molecule has 3 aromatic carbocycles. The van der Waals surface area contributed by atoms with Crippen LogP contribution in [-0.4, -0.2) is 46.6 Å². The number of nitro groups is 1. The molecule has 1 aliphatic carbocycles. The van der Waals surface area contributed by atoms with Gasteiger partial charge in [0.05, 0.1) is 17.8 Å². The molecule has 210 valence electrons. The van der Waals surface area contributed by atoms with Crippen molar-refractivity contribution in [2.24, 2.45) is 0 Å². The van der Waals surface area contributed by atoms with Crippen LogP contribution in [0.5, 0.6) is 5.75 Å². The van der Waals surface area contributed by atoms with Gasteiger partial charge in [0.1, 0.15) is 11.8 Å². The second-order valence-electron chi connectivity index (χ2n) is 9.99. The maximum atomic E-state index is 13.8. The number of hydrogen-bond donors (Lipinski definition) is 1. The molecule has 4 rings (SSSR count). The molecular formula is C31H35N3O5S. The lowest BCUT2D eigenvalue weighted by atomic mass is 10.0. The summed E-state index contributed by atoms with van der Waals surface area (Å²) in [5.74, 6) is 1.11. The molecule has 3 aromatic rings. The van der Waals surface area contributed by atoms with Crippen molar-refractivity contribution in [1.29, 1.82) is 0 Å². The van der Waals surface area contributed by atoms with E-state index in [-0.39, 0.29) is 35.8 Å². The molecule has 0 heterocycles. The molecule has 0 bridgehead atoms. The number of amides is 2. The Morgan fingerprint density at radius 3 is 2.38 bits per heavy atom. The summed E-state index contributed by atoms with van der Waals surface area (Å²) in [6.45, 7) is 0.268. The fourth-order valence-electron chi connectivity index (χ4n) is 4.94. The summed E-state index contributed by atoms with van der Waals surface area (Å²) in [6.07, 6.45) is 4.51. The Hall–Kier alpha value is -3.85. The van der Waals surface area contributed by atoms with Crippen LogP contribution < -0.4 is 10.1 Å². The van der Waals surface area contributed by atoms with Crippen LogP contribution in [0.2, 0.25) is 0 Å². The zero-order chi connectivity index (χ0) is 28.3. The van der Waals surface area contributed by atoms with Crippen molar-refractivity contribution in [2.45, 2.75) is 56.5 Å². The number of carbonyl (C=O) groups is 2. The monoisotopic (exact) mass is 561 g/mol. The summed E-state index contributed by atoms with van der Waals surface area (Å²) in [5.41, 5.74) is 2.78. The summed E-state index contributed by atoms with van der Waals surface area (Å²) in [6, 6.07) is 23.1. The lowest BCUT2D eigenvalue weighted by Crippen LogP contribution is -2.52. The highest BCUT2D eigenvalue weighted by Gasteiger charge is 2.32. The summed E-state index contributed by atoms with van der Waals surface area (Å²) in [4.78, 5) is 39.8. The molecule has 0 aliphatic heterocycles. The van der Waals surface area contributed by atoms with Crippen LogP contribution in [0.3, 0.4) is 0 Å². The largest absolute Gasteiger partial charge is 0.497 e. The van der Waals surface area contributed by atoms with Gasteiger partial charge >= 0.3 is 0 Å². The van der Waals surface area contributed by atoms with Gasteiger partial charge in [-0.3, -0.25) is 19.7 Å². The van der Waals surface area contributed by atoms with E-state index < -0.39 is 11.0 Å². The van der Waals surface area contributed by atoms with Crippen molar-refractivity contribution in [3.05, 3.63) is 106 Å². The van der Waals surface area contributed by atoms with Gasteiger partial charge in [-0.2, -0.15) is 0 Å². The first-order valence-electron chi connectivity index (χ1n) is 13.5. The first-order chi connectivity index (χ1) is 19.4. The van der Waals surface area contributed by atoms with E-state index in [2.05, 4.69) is 5.32 Å². The molecule has 1 saturated carbocycles. The zero-order valence-corrected chi connectivity index (χ0v) is 23.5. The fraction of sp³-hybridized carbons (Fsp3) is 0.355. The zero-order valence-electron chi connectivity index (χ0n) is 22.7. The van der Waals surface area contributed by atoms with Crippen molar-refractivity contribution in [2.75, 3.05) is 12.9 Å². The maximum absolute atomic E-state index is 13.8. The third kappa shape index (κ3) is 8.32. The minimum atomic E-state index is -0.679. The van der Waals surface area contributed by atoms with Gasteiger partial charge in [-0.05, 0) is 41.7 Å². The summed E-state index contributed by atoms with van der Waals surface area (Å²) in [7, 11) is 1.60. The average molecular weight is 562 g/mol. The van der Waals surface area contributed by atoms with Crippen LogP contribution >= 0.6 is 11.8 Å². The summed E-state index contributed by atoms with van der Waals surface area (Å²) < 4.78 is 5.40. The molecule has 1 aliphatic rings. The lowest BCUT2D eigenvalue weighted by Gasteiger charge is -2.32. The van der Waals surface area contributed by atoms with Crippen LogP contribution in [-0.2, 0) is 28.3 Å². The van der Waals surface area contributed by atoms with Gasteiger partial charge < -0.3 is 15.0 Å². The Morgan fingerprint density at radius 2 is 1.70 bits per heavy atom. The number of hydrogen-bond acceptors (Lipinski definition) is 6. The predicted molar refractivity (Wildman–Crippen MR) is 157 cm³/mol. The van der Waals surface area contributed by atoms with Gasteiger partial charge in [0.15, 0.2) is 0 Å². The number of carbonyl (C=O) groups excluding carboxylic acids is 2. The topological polar surface area (TPSA) is 102 Å². The number of nitrogens with zero attached hydrogens (tertiary/aromatic N) is 2. The van der Waals surface area contributed by atoms with Crippen molar-refractivity contribution < 1.29 is 19.2 Å². The van der Waals surface area contributed by atoms with E-state index in [1.165, 1.54) is 23.9 Å². The van der Waals surface area contributed by atoms with Gasteiger partial charge in [-0.1, -0.05) is 67.4 Å². The number of nitro benzene ring substituents is 1.